The highest BCUT2D eigenvalue weighted by Crippen LogP contribution is 2.36. The molecular weight excluding hydrogens is 336 g/mol. The Kier molecular flexibility index (Phi) is 4.85. The summed E-state index contributed by atoms with van der Waals surface area (Å²) in [5.74, 6) is -0.420. The molecule has 1 aliphatic carbocycles. The van der Waals surface area contributed by atoms with E-state index in [9.17, 15) is 9.59 Å². The lowest BCUT2D eigenvalue weighted by molar-refractivity contribution is -0.127. The third-order valence-corrected chi connectivity index (χ3v) is 4.40. The Morgan fingerprint density at radius 3 is 2.44 bits per heavy atom. The topological polar surface area (TPSA) is 75.2 Å². The lowest BCUT2D eigenvalue weighted by Crippen LogP contribution is -2.50. The molecule has 0 saturated heterocycles. The van der Waals surface area contributed by atoms with Gasteiger partial charge in [0.05, 0.1) is 0 Å². The predicted molar refractivity (Wildman–Crippen MR) is 96.2 cm³/mol. The molecule has 0 unspecified atom stereocenters. The number of nitrogens with zero attached hydrogens (tertiary/aromatic N) is 3. The van der Waals surface area contributed by atoms with Crippen molar-refractivity contribution in [1.82, 2.24) is 19.8 Å². The van der Waals surface area contributed by atoms with Gasteiger partial charge in [0.15, 0.2) is 5.69 Å². The molecule has 1 saturated carbocycles. The zero-order valence-corrected chi connectivity index (χ0v) is 15.4. The van der Waals surface area contributed by atoms with Crippen molar-refractivity contribution in [3.63, 3.8) is 0 Å². The molecule has 0 spiro atoms. The van der Waals surface area contributed by atoms with Crippen LogP contribution in [0, 0.1) is 0 Å². The molecule has 0 bridgehead atoms. The molecule has 2 aromatic rings. The first-order valence-corrected chi connectivity index (χ1v) is 9.17. The van der Waals surface area contributed by atoms with Crippen LogP contribution in [0.5, 0.6) is 0 Å². The van der Waals surface area contributed by atoms with Crippen LogP contribution in [-0.4, -0.2) is 37.9 Å². The summed E-state index contributed by atoms with van der Waals surface area (Å²) in [4.78, 5) is 27.8. The van der Waals surface area contributed by atoms with Gasteiger partial charge < -0.3 is 10.2 Å². The van der Waals surface area contributed by atoms with Crippen LogP contribution in [0.3, 0.4) is 0 Å². The quantitative estimate of drug-likeness (QED) is 0.892. The highest BCUT2D eigenvalue weighted by atomic mass is 32.1. The number of rotatable bonds is 5. The molecule has 3 rings (SSSR count). The zero-order valence-electron chi connectivity index (χ0n) is 14.6. The average molecular weight is 358 g/mol. The maximum Gasteiger partial charge on any atom is 0.276 e. The summed E-state index contributed by atoms with van der Waals surface area (Å²) in [7, 11) is 0. The first-order valence-electron chi connectivity index (χ1n) is 8.33. The van der Waals surface area contributed by atoms with Crippen molar-refractivity contribution in [2.45, 2.75) is 51.2 Å². The first kappa shape index (κ1) is 17.5. The Morgan fingerprint density at radius 1 is 1.24 bits per heavy atom. The van der Waals surface area contributed by atoms with E-state index >= 15 is 0 Å². The number of hydrogen-bond donors (Lipinski definition) is 1. The number of benzene rings is 1. The van der Waals surface area contributed by atoms with Crippen LogP contribution in [0.1, 0.15) is 55.7 Å². The maximum atomic E-state index is 13.1. The fourth-order valence-corrected chi connectivity index (χ4v) is 3.18. The van der Waals surface area contributed by atoms with Crippen LogP contribution in [0.15, 0.2) is 35.7 Å². The third kappa shape index (κ3) is 4.22. The minimum atomic E-state index is -0.679. The molecule has 1 atom stereocenters. The minimum absolute atomic E-state index is 0.0603. The molecule has 1 aromatic carbocycles. The SMILES string of the molecule is CC(C)(C)NC(=O)[C@@H](c1ccccc1)N(C(=O)c1csnn1)C1CC1. The summed E-state index contributed by atoms with van der Waals surface area (Å²) in [5, 5.41) is 8.54. The van der Waals surface area contributed by atoms with Gasteiger partial charge in [-0.05, 0) is 50.7 Å². The Balaban J connectivity index is 1.99. The molecule has 1 aliphatic rings. The average Bonchev–Trinajstić information content (AvgIpc) is 3.23. The largest absolute Gasteiger partial charge is 0.349 e. The summed E-state index contributed by atoms with van der Waals surface area (Å²) in [6, 6.07) is 8.81. The van der Waals surface area contributed by atoms with Crippen molar-refractivity contribution in [2.75, 3.05) is 0 Å². The molecule has 2 amide bonds. The molecule has 1 heterocycles. The van der Waals surface area contributed by atoms with Gasteiger partial charge in [-0.3, -0.25) is 9.59 Å². The number of amides is 2. The van der Waals surface area contributed by atoms with Gasteiger partial charge in [0.2, 0.25) is 5.91 Å². The van der Waals surface area contributed by atoms with Gasteiger partial charge >= 0.3 is 0 Å². The van der Waals surface area contributed by atoms with E-state index in [4.69, 9.17) is 0 Å². The molecule has 0 aliphatic heterocycles. The molecule has 1 N–H and O–H groups in total. The predicted octanol–water partition coefficient (Wildman–Crippen LogP) is 2.80. The van der Waals surface area contributed by atoms with Crippen LogP contribution in [0.2, 0.25) is 0 Å². The Labute approximate surface area is 151 Å². The Bertz CT molecular complexity index is 736. The van der Waals surface area contributed by atoms with Crippen molar-refractivity contribution >= 4 is 23.3 Å². The standard InChI is InChI=1S/C18H22N4O2S/c1-18(2,3)19-16(23)15(12-7-5-4-6-8-12)22(13-9-10-13)17(24)14-11-25-21-20-14/h4-8,11,13,15H,9-10H2,1-3H3,(H,19,23)/t15-/m1/s1. The van der Waals surface area contributed by atoms with Crippen molar-refractivity contribution in [1.29, 1.82) is 0 Å². The van der Waals surface area contributed by atoms with Crippen molar-refractivity contribution in [2.24, 2.45) is 0 Å². The van der Waals surface area contributed by atoms with Crippen LogP contribution in [0.25, 0.3) is 0 Å². The number of carbonyl (C=O) groups is 2. The zero-order chi connectivity index (χ0) is 18.0. The van der Waals surface area contributed by atoms with Gasteiger partial charge in [-0.25, -0.2) is 0 Å². The van der Waals surface area contributed by atoms with E-state index in [0.29, 0.717) is 5.69 Å². The Morgan fingerprint density at radius 2 is 1.92 bits per heavy atom. The van der Waals surface area contributed by atoms with Crippen LogP contribution >= 0.6 is 11.5 Å². The summed E-state index contributed by atoms with van der Waals surface area (Å²) in [5.41, 5.74) is 0.707. The maximum absolute atomic E-state index is 13.1. The van der Waals surface area contributed by atoms with Crippen LogP contribution < -0.4 is 5.32 Å². The number of aromatic nitrogens is 2. The van der Waals surface area contributed by atoms with E-state index in [1.54, 1.807) is 10.3 Å². The molecule has 6 nitrogen and oxygen atoms in total. The number of nitrogens with one attached hydrogen (secondary N) is 1. The van der Waals surface area contributed by atoms with Gasteiger partial charge in [0, 0.05) is 17.0 Å². The molecule has 25 heavy (non-hydrogen) atoms. The normalized spacial score (nSPS) is 15.5. The van der Waals surface area contributed by atoms with E-state index in [0.717, 1.165) is 29.9 Å². The first-order chi connectivity index (χ1) is 11.9. The van der Waals surface area contributed by atoms with Gasteiger partial charge in [-0.15, -0.1) is 5.10 Å². The second-order valence-electron chi connectivity index (χ2n) is 7.29. The summed E-state index contributed by atoms with van der Waals surface area (Å²) >= 11 is 1.13. The third-order valence-electron chi connectivity index (χ3n) is 3.89. The van der Waals surface area contributed by atoms with Gasteiger partial charge in [0.1, 0.15) is 6.04 Å². The molecule has 0 radical (unpaired) electrons. The van der Waals surface area contributed by atoms with Gasteiger partial charge in [0.25, 0.3) is 5.91 Å². The van der Waals surface area contributed by atoms with E-state index in [2.05, 4.69) is 14.9 Å². The molecule has 1 aromatic heterocycles. The summed E-state index contributed by atoms with van der Waals surface area (Å²) < 4.78 is 3.79. The van der Waals surface area contributed by atoms with E-state index in [-0.39, 0.29) is 23.4 Å². The monoisotopic (exact) mass is 358 g/mol. The molecular formula is C18H22N4O2S. The highest BCUT2D eigenvalue weighted by molar-refractivity contribution is 7.03. The lowest BCUT2D eigenvalue weighted by atomic mass is 10.0. The number of hydrogen-bond acceptors (Lipinski definition) is 5. The number of carbonyl (C=O) groups excluding carboxylic acids is 2. The van der Waals surface area contributed by atoms with E-state index in [1.807, 2.05) is 51.1 Å². The van der Waals surface area contributed by atoms with Crippen molar-refractivity contribution in [3.05, 3.63) is 47.0 Å². The Hall–Kier alpha value is -2.28. The van der Waals surface area contributed by atoms with E-state index in [1.165, 1.54) is 0 Å². The molecule has 132 valence electrons. The van der Waals surface area contributed by atoms with Gasteiger partial charge in [-0.1, -0.05) is 34.8 Å². The summed E-state index contributed by atoms with van der Waals surface area (Å²) in [6.07, 6.45) is 1.80. The summed E-state index contributed by atoms with van der Waals surface area (Å²) in [6.45, 7) is 5.79. The highest BCUT2D eigenvalue weighted by Gasteiger charge is 2.42. The second-order valence-corrected chi connectivity index (χ2v) is 7.90. The van der Waals surface area contributed by atoms with Crippen molar-refractivity contribution < 1.29 is 9.59 Å². The van der Waals surface area contributed by atoms with Crippen LogP contribution in [0.4, 0.5) is 0 Å². The van der Waals surface area contributed by atoms with Gasteiger partial charge in [-0.2, -0.15) is 0 Å². The minimum Gasteiger partial charge on any atom is -0.349 e. The smallest absolute Gasteiger partial charge is 0.276 e. The van der Waals surface area contributed by atoms with E-state index < -0.39 is 6.04 Å². The lowest BCUT2D eigenvalue weighted by Gasteiger charge is -2.33. The van der Waals surface area contributed by atoms with Crippen molar-refractivity contribution in [3.8, 4) is 0 Å². The molecule has 1 fully saturated rings. The van der Waals surface area contributed by atoms with Crippen LogP contribution in [-0.2, 0) is 4.79 Å². The molecule has 7 heteroatoms. The fourth-order valence-electron chi connectivity index (χ4n) is 2.75. The fraction of sp³-hybridized carbons (Fsp3) is 0.444. The second kappa shape index (κ2) is 6.92.